The van der Waals surface area contributed by atoms with E-state index in [-0.39, 0.29) is 5.69 Å². The van der Waals surface area contributed by atoms with E-state index in [1.807, 2.05) is 6.07 Å². The van der Waals surface area contributed by atoms with Crippen LogP contribution in [0, 0.1) is 6.92 Å². The Morgan fingerprint density at radius 1 is 1.33 bits per heavy atom. The van der Waals surface area contributed by atoms with Crippen LogP contribution in [0.2, 0.25) is 5.02 Å². The fourth-order valence-electron chi connectivity index (χ4n) is 1.46. The van der Waals surface area contributed by atoms with Crippen LogP contribution in [0.25, 0.3) is 0 Å². The van der Waals surface area contributed by atoms with Crippen LogP contribution < -0.4 is 5.32 Å². The average molecular weight is 264 g/mol. The predicted octanol–water partition coefficient (Wildman–Crippen LogP) is 2.88. The maximum atomic E-state index is 10.9. The third-order valence-electron chi connectivity index (χ3n) is 2.15. The second-order valence-electron chi connectivity index (χ2n) is 3.63. The van der Waals surface area contributed by atoms with Crippen molar-refractivity contribution in [1.82, 2.24) is 9.97 Å². The third kappa shape index (κ3) is 2.95. The van der Waals surface area contributed by atoms with Gasteiger partial charge in [0.05, 0.1) is 0 Å². The normalized spacial score (nSPS) is 10.1. The van der Waals surface area contributed by atoms with Crippen LogP contribution in [0.15, 0.2) is 30.3 Å². The first-order chi connectivity index (χ1) is 8.54. The molecule has 6 heteroatoms. The van der Waals surface area contributed by atoms with Crippen molar-refractivity contribution in [3.63, 3.8) is 0 Å². The lowest BCUT2D eigenvalue weighted by atomic mass is 10.3. The number of nitrogens with zero attached hydrogens (tertiary/aromatic N) is 2. The summed E-state index contributed by atoms with van der Waals surface area (Å²) >= 11 is 5.86. The summed E-state index contributed by atoms with van der Waals surface area (Å²) in [5.74, 6) is -0.281. The van der Waals surface area contributed by atoms with Crippen molar-refractivity contribution in [2.75, 3.05) is 5.32 Å². The van der Waals surface area contributed by atoms with Gasteiger partial charge in [0, 0.05) is 16.8 Å². The van der Waals surface area contributed by atoms with E-state index in [2.05, 4.69) is 15.3 Å². The highest BCUT2D eigenvalue weighted by Gasteiger charge is 2.08. The Hall–Kier alpha value is -2.14. The monoisotopic (exact) mass is 263 g/mol. The Morgan fingerprint density at radius 3 is 2.78 bits per heavy atom. The molecule has 18 heavy (non-hydrogen) atoms. The van der Waals surface area contributed by atoms with Gasteiger partial charge in [-0.25, -0.2) is 14.8 Å². The Morgan fingerprint density at radius 2 is 2.11 bits per heavy atom. The summed E-state index contributed by atoms with van der Waals surface area (Å²) in [7, 11) is 0. The second kappa shape index (κ2) is 5.01. The first kappa shape index (κ1) is 12.3. The van der Waals surface area contributed by atoms with E-state index in [0.717, 1.165) is 5.69 Å². The molecule has 1 aromatic heterocycles. The number of carboxylic acid groups (broad SMARTS) is 1. The van der Waals surface area contributed by atoms with E-state index >= 15 is 0 Å². The number of carbonyl (C=O) groups is 1. The fraction of sp³-hybridized carbons (Fsp3) is 0.0833. The van der Waals surface area contributed by atoms with Crippen LogP contribution >= 0.6 is 11.6 Å². The Kier molecular flexibility index (Phi) is 3.43. The van der Waals surface area contributed by atoms with Crippen LogP contribution in [0.4, 0.5) is 11.5 Å². The third-order valence-corrected chi connectivity index (χ3v) is 2.39. The average Bonchev–Trinajstić information content (AvgIpc) is 2.28. The van der Waals surface area contributed by atoms with Crippen molar-refractivity contribution < 1.29 is 9.90 Å². The van der Waals surface area contributed by atoms with Crippen LogP contribution in [0.3, 0.4) is 0 Å². The Bertz CT molecular complexity index is 602. The molecule has 0 bridgehead atoms. The smallest absolute Gasteiger partial charge is 0.354 e. The topological polar surface area (TPSA) is 75.1 Å². The molecule has 5 nitrogen and oxygen atoms in total. The van der Waals surface area contributed by atoms with Gasteiger partial charge in [-0.3, -0.25) is 0 Å². The summed E-state index contributed by atoms with van der Waals surface area (Å²) in [5, 5.41) is 12.5. The molecule has 2 aromatic rings. The second-order valence-corrected chi connectivity index (χ2v) is 4.06. The van der Waals surface area contributed by atoms with Gasteiger partial charge in [0.2, 0.25) is 0 Å². The number of hydrogen-bond acceptors (Lipinski definition) is 4. The molecule has 2 N–H and O–H groups in total. The highest BCUT2D eigenvalue weighted by Crippen LogP contribution is 2.19. The van der Waals surface area contributed by atoms with E-state index in [9.17, 15) is 4.79 Å². The summed E-state index contributed by atoms with van der Waals surface area (Å²) in [6.45, 7) is 1.63. The zero-order chi connectivity index (χ0) is 13.1. The Balaban J connectivity index is 2.31. The van der Waals surface area contributed by atoms with Gasteiger partial charge in [-0.1, -0.05) is 17.7 Å². The number of aryl methyl sites for hydroxylation is 1. The van der Waals surface area contributed by atoms with Crippen molar-refractivity contribution in [2.45, 2.75) is 6.92 Å². The van der Waals surface area contributed by atoms with Gasteiger partial charge in [0.15, 0.2) is 5.69 Å². The lowest BCUT2D eigenvalue weighted by molar-refractivity contribution is 0.0690. The van der Waals surface area contributed by atoms with E-state index in [0.29, 0.717) is 16.7 Å². The van der Waals surface area contributed by atoms with Gasteiger partial charge >= 0.3 is 5.97 Å². The molecule has 92 valence electrons. The van der Waals surface area contributed by atoms with Crippen molar-refractivity contribution in [2.24, 2.45) is 0 Å². The van der Waals surface area contributed by atoms with Gasteiger partial charge < -0.3 is 10.4 Å². The molecule has 0 atom stereocenters. The fourth-order valence-corrected chi connectivity index (χ4v) is 1.65. The summed E-state index contributed by atoms with van der Waals surface area (Å²) in [5.41, 5.74) is 0.684. The maximum Gasteiger partial charge on any atom is 0.354 e. The van der Waals surface area contributed by atoms with Crippen molar-refractivity contribution >= 4 is 29.1 Å². The lowest BCUT2D eigenvalue weighted by Gasteiger charge is -2.07. The molecule has 0 aliphatic heterocycles. The summed E-state index contributed by atoms with van der Waals surface area (Å²) < 4.78 is 0. The van der Waals surface area contributed by atoms with E-state index in [1.54, 1.807) is 25.1 Å². The number of rotatable bonds is 3. The van der Waals surface area contributed by atoms with Crippen LogP contribution in [-0.2, 0) is 0 Å². The molecule has 0 saturated heterocycles. The number of carboxylic acids is 1. The summed E-state index contributed by atoms with van der Waals surface area (Å²) in [6.07, 6.45) is 0. The summed E-state index contributed by atoms with van der Waals surface area (Å²) in [6, 6.07) is 8.44. The molecule has 0 spiro atoms. The van der Waals surface area contributed by atoms with Crippen molar-refractivity contribution in [3.8, 4) is 0 Å². The number of nitrogens with one attached hydrogen (secondary N) is 1. The molecule has 0 unspecified atom stereocenters. The minimum Gasteiger partial charge on any atom is -0.477 e. The minimum atomic E-state index is -1.09. The molecule has 0 fully saturated rings. The highest BCUT2D eigenvalue weighted by atomic mass is 35.5. The molecule has 0 aliphatic rings. The molecule has 0 aliphatic carbocycles. The van der Waals surface area contributed by atoms with Gasteiger partial charge in [0.25, 0.3) is 0 Å². The number of aromatic carboxylic acids is 1. The van der Waals surface area contributed by atoms with Crippen LogP contribution in [-0.4, -0.2) is 21.0 Å². The molecule has 0 radical (unpaired) electrons. The van der Waals surface area contributed by atoms with E-state index < -0.39 is 5.97 Å². The zero-order valence-corrected chi connectivity index (χ0v) is 10.3. The number of benzene rings is 1. The standard InChI is InChI=1S/C12H10ClN3O2/c1-7-14-10(12(17)18)6-11(15-7)16-9-4-2-3-8(13)5-9/h2-6H,1H3,(H,17,18)(H,14,15,16). The number of halogens is 1. The SMILES string of the molecule is Cc1nc(Nc2cccc(Cl)c2)cc(C(=O)O)n1. The quantitative estimate of drug-likeness (QED) is 0.891. The zero-order valence-electron chi connectivity index (χ0n) is 9.51. The highest BCUT2D eigenvalue weighted by molar-refractivity contribution is 6.30. The molecule has 2 rings (SSSR count). The maximum absolute atomic E-state index is 10.9. The lowest BCUT2D eigenvalue weighted by Crippen LogP contribution is -2.05. The molecule has 1 aromatic carbocycles. The number of hydrogen-bond donors (Lipinski definition) is 2. The van der Waals surface area contributed by atoms with Gasteiger partial charge in [-0.2, -0.15) is 0 Å². The largest absolute Gasteiger partial charge is 0.477 e. The first-order valence-corrected chi connectivity index (χ1v) is 5.54. The molecule has 0 amide bonds. The van der Waals surface area contributed by atoms with Crippen molar-refractivity contribution in [1.29, 1.82) is 0 Å². The molecular weight excluding hydrogens is 254 g/mol. The minimum absolute atomic E-state index is 0.0490. The van der Waals surface area contributed by atoms with Gasteiger partial charge in [0.1, 0.15) is 11.6 Å². The molecule has 1 heterocycles. The van der Waals surface area contributed by atoms with Crippen LogP contribution in [0.1, 0.15) is 16.3 Å². The van der Waals surface area contributed by atoms with Crippen molar-refractivity contribution in [3.05, 3.63) is 46.9 Å². The predicted molar refractivity (Wildman–Crippen MR) is 68.5 cm³/mol. The molecular formula is C12H10ClN3O2. The number of anilines is 2. The van der Waals surface area contributed by atoms with Gasteiger partial charge in [-0.15, -0.1) is 0 Å². The molecule has 0 saturated carbocycles. The van der Waals surface area contributed by atoms with E-state index in [4.69, 9.17) is 16.7 Å². The van der Waals surface area contributed by atoms with Gasteiger partial charge in [-0.05, 0) is 25.1 Å². The van der Waals surface area contributed by atoms with E-state index in [1.165, 1.54) is 6.07 Å². The van der Waals surface area contributed by atoms with Crippen LogP contribution in [0.5, 0.6) is 0 Å². The summed E-state index contributed by atoms with van der Waals surface area (Å²) in [4.78, 5) is 18.8. The number of aromatic nitrogens is 2. The Labute approximate surface area is 108 Å². The first-order valence-electron chi connectivity index (χ1n) is 5.16.